The quantitative estimate of drug-likeness (QED) is 0.158. The average Bonchev–Trinajstić information content (AvgIpc) is 2.45. The predicted octanol–water partition coefficient (Wildman–Crippen LogP) is 7.99. The molecule has 0 aliphatic rings. The first-order valence-corrected chi connectivity index (χ1v) is 29.4. The fraction of sp³-hybridized carbons (Fsp3) is 1.00. The molecule has 2 unspecified atom stereocenters. The van der Waals surface area contributed by atoms with Gasteiger partial charge in [-0.2, -0.15) is 0 Å². The summed E-state index contributed by atoms with van der Waals surface area (Å²) >= 11 is 7.26. The molecule has 0 fully saturated rings. The van der Waals surface area contributed by atoms with E-state index in [2.05, 4.69) is 99.7 Å². The van der Waals surface area contributed by atoms with Gasteiger partial charge in [-0.1, -0.05) is 40.5 Å². The third-order valence-electron chi connectivity index (χ3n) is 5.00. The lowest BCUT2D eigenvalue weighted by molar-refractivity contribution is 0.280. The Kier molecular flexibility index (Phi) is 11.9. The molecule has 0 radical (unpaired) electrons. The van der Waals surface area contributed by atoms with Gasteiger partial charge in [0.15, 0.2) is 8.32 Å². The second-order valence-corrected chi connectivity index (χ2v) is 36.2. The van der Waals surface area contributed by atoms with Gasteiger partial charge in [0.2, 0.25) is 0 Å². The van der Waals surface area contributed by atoms with Crippen LogP contribution in [0, 0.1) is 0 Å². The second kappa shape index (κ2) is 11.4. The first-order valence-electron chi connectivity index (χ1n) is 11.7. The van der Waals surface area contributed by atoms with E-state index in [-0.39, 0.29) is 0 Å². The lowest BCUT2D eigenvalue weighted by Crippen LogP contribution is -2.60. The summed E-state index contributed by atoms with van der Waals surface area (Å²) in [6.07, 6.45) is 2.04. The minimum absolute atomic E-state index is 0.366. The molecule has 0 aromatic rings. The van der Waals surface area contributed by atoms with Crippen LogP contribution in [0.25, 0.3) is 0 Å². The van der Waals surface area contributed by atoms with Crippen LogP contribution in [0.2, 0.25) is 83.1 Å². The largest absolute Gasteiger partial charge is 0.437 e. The Balaban J connectivity index is 5.43. The summed E-state index contributed by atoms with van der Waals surface area (Å²) in [6.45, 7) is 32.3. The molecule has 0 N–H and O–H groups in total. The molecule has 0 aliphatic heterocycles. The number of rotatable bonds is 14. The van der Waals surface area contributed by atoms with Crippen molar-refractivity contribution in [3.05, 3.63) is 0 Å². The number of halogens is 1. The fourth-order valence-corrected chi connectivity index (χ4v) is 35.8. The Hall–Kier alpha value is 1.39. The van der Waals surface area contributed by atoms with E-state index >= 15 is 0 Å². The van der Waals surface area contributed by atoms with Gasteiger partial charge in [-0.15, -0.1) is 11.1 Å². The molecule has 0 amide bonds. The smallest absolute Gasteiger partial charge is 0.314 e. The highest BCUT2D eigenvalue weighted by Gasteiger charge is 2.51. The molecule has 0 spiro atoms. The summed E-state index contributed by atoms with van der Waals surface area (Å²) < 4.78 is 33.0. The predicted molar refractivity (Wildman–Crippen MR) is 150 cm³/mol. The van der Waals surface area contributed by atoms with Crippen LogP contribution in [0.5, 0.6) is 0 Å². The Morgan fingerprint density at radius 3 is 1.03 bits per heavy atom. The van der Waals surface area contributed by atoms with Crippen molar-refractivity contribution in [2.75, 3.05) is 0 Å². The Morgan fingerprint density at radius 2 is 0.774 bits per heavy atom. The van der Waals surface area contributed by atoms with E-state index in [1.165, 1.54) is 0 Å². The van der Waals surface area contributed by atoms with Gasteiger partial charge in [-0.25, -0.2) is 0 Å². The maximum atomic E-state index is 7.26. The van der Waals surface area contributed by atoms with Gasteiger partial charge < -0.3 is 20.6 Å². The lowest BCUT2D eigenvalue weighted by Gasteiger charge is -2.45. The van der Waals surface area contributed by atoms with Crippen LogP contribution < -0.4 is 0 Å². The second-order valence-electron chi connectivity index (χ2n) is 11.5. The summed E-state index contributed by atoms with van der Waals surface area (Å²) in [5.41, 5.74) is 0.731. The molecular weight excluding hydrogens is 512 g/mol. The SMILES string of the molecule is CCC(C)[Si](Cl)(O[Si](C)(C)O[Si](C)(C)O[Si](C)(C)O[Si](C)(C)O[Si](C)(C)C)C(C)CC. The Labute approximate surface area is 204 Å². The lowest BCUT2D eigenvalue weighted by atomic mass is 10.4. The van der Waals surface area contributed by atoms with Gasteiger partial charge >= 0.3 is 34.2 Å². The first kappa shape index (κ1) is 32.4. The standard InChI is InChI=1S/C19H51ClO5Si6/c1-16-18(3)31(20,19(4)17-2)25-30(14,15)24-29(12,13)23-28(10,11)22-27(8,9)21-26(5,6)7/h18-19H,16-17H2,1-15H3. The third kappa shape index (κ3) is 12.1. The van der Waals surface area contributed by atoms with Crippen molar-refractivity contribution in [3.63, 3.8) is 0 Å². The van der Waals surface area contributed by atoms with Crippen LogP contribution in [-0.4, -0.2) is 50.2 Å². The first-order chi connectivity index (χ1) is 13.5. The summed E-state index contributed by atoms with van der Waals surface area (Å²) in [4.78, 5) is 0. The molecule has 0 saturated carbocycles. The topological polar surface area (TPSA) is 46.2 Å². The minimum Gasteiger partial charge on any atom is -0.437 e. The van der Waals surface area contributed by atoms with E-state index in [0.717, 1.165) is 12.8 Å². The molecular formula is C19H51ClO5Si6. The summed E-state index contributed by atoms with van der Waals surface area (Å²) in [7, 11) is -13.9. The molecule has 188 valence electrons. The molecule has 31 heavy (non-hydrogen) atoms. The zero-order valence-electron chi connectivity index (χ0n) is 23.0. The summed E-state index contributed by atoms with van der Waals surface area (Å²) in [6, 6.07) is 0. The van der Waals surface area contributed by atoms with E-state index in [4.69, 9.17) is 31.7 Å². The van der Waals surface area contributed by atoms with E-state index in [1.807, 2.05) is 0 Å². The van der Waals surface area contributed by atoms with Crippen molar-refractivity contribution in [1.29, 1.82) is 0 Å². The highest BCUT2D eigenvalue weighted by Crippen LogP contribution is 2.43. The van der Waals surface area contributed by atoms with Crippen LogP contribution in [-0.2, 0) is 20.6 Å². The van der Waals surface area contributed by atoms with Crippen molar-refractivity contribution >= 4 is 61.3 Å². The maximum absolute atomic E-state index is 7.26. The molecule has 0 bridgehead atoms. The Morgan fingerprint density at radius 1 is 0.516 bits per heavy atom. The highest BCUT2D eigenvalue weighted by molar-refractivity contribution is 7.20. The summed E-state index contributed by atoms with van der Waals surface area (Å²) in [5, 5.41) is 0. The van der Waals surface area contributed by atoms with Crippen molar-refractivity contribution in [1.82, 2.24) is 0 Å². The van der Waals surface area contributed by atoms with E-state index in [0.29, 0.717) is 11.1 Å². The number of hydrogen-bond acceptors (Lipinski definition) is 5. The molecule has 0 saturated heterocycles. The molecule has 2 atom stereocenters. The monoisotopic (exact) mass is 562 g/mol. The van der Waals surface area contributed by atoms with Gasteiger partial charge in [0.05, 0.1) is 0 Å². The van der Waals surface area contributed by atoms with Gasteiger partial charge in [0, 0.05) is 0 Å². The van der Waals surface area contributed by atoms with Crippen LogP contribution in [0.15, 0.2) is 0 Å². The highest BCUT2D eigenvalue weighted by atomic mass is 35.6. The molecule has 0 aliphatic carbocycles. The molecule has 12 heteroatoms. The van der Waals surface area contributed by atoms with E-state index < -0.39 is 50.2 Å². The molecule has 0 rings (SSSR count). The normalized spacial score (nSPS) is 18.6. The van der Waals surface area contributed by atoms with Gasteiger partial charge in [-0.05, 0) is 83.1 Å². The van der Waals surface area contributed by atoms with Gasteiger partial charge in [0.1, 0.15) is 0 Å². The van der Waals surface area contributed by atoms with Crippen LogP contribution in [0.4, 0.5) is 0 Å². The van der Waals surface area contributed by atoms with Gasteiger partial charge in [-0.3, -0.25) is 0 Å². The Bertz CT molecular complexity index is 558. The van der Waals surface area contributed by atoms with Gasteiger partial charge in [0.25, 0.3) is 7.63 Å². The molecule has 0 aromatic heterocycles. The van der Waals surface area contributed by atoms with Crippen molar-refractivity contribution in [3.8, 4) is 0 Å². The van der Waals surface area contributed by atoms with Crippen molar-refractivity contribution < 1.29 is 20.6 Å². The third-order valence-corrected chi connectivity index (χ3v) is 30.9. The molecule has 0 heterocycles. The molecule has 0 aromatic carbocycles. The fourth-order valence-electron chi connectivity index (χ4n) is 4.22. The van der Waals surface area contributed by atoms with Crippen LogP contribution >= 0.6 is 11.1 Å². The summed E-state index contributed by atoms with van der Waals surface area (Å²) in [5.74, 6) is 0. The average molecular weight is 564 g/mol. The van der Waals surface area contributed by atoms with Crippen LogP contribution in [0.1, 0.15) is 40.5 Å². The van der Waals surface area contributed by atoms with E-state index in [9.17, 15) is 0 Å². The van der Waals surface area contributed by atoms with E-state index in [1.54, 1.807) is 0 Å². The van der Waals surface area contributed by atoms with Crippen molar-refractivity contribution in [2.45, 2.75) is 124 Å². The zero-order chi connectivity index (χ0) is 25.1. The minimum atomic E-state index is -2.51. The molecule has 5 nitrogen and oxygen atoms in total. The zero-order valence-corrected chi connectivity index (χ0v) is 29.7. The maximum Gasteiger partial charge on any atom is 0.314 e. The van der Waals surface area contributed by atoms with Crippen LogP contribution in [0.3, 0.4) is 0 Å². The van der Waals surface area contributed by atoms with Crippen molar-refractivity contribution in [2.24, 2.45) is 0 Å². The number of hydrogen-bond donors (Lipinski definition) is 0.